The van der Waals surface area contributed by atoms with Crippen LogP contribution in [0.1, 0.15) is 0 Å². The Bertz CT molecular complexity index is 506. The molecular weight excluding hydrogens is 204 g/mol. The fraction of sp³-hybridized carbons (Fsp3) is 0.231. The smallest absolute Gasteiger partial charge is 0.130 e. The lowest BCUT2D eigenvalue weighted by Gasteiger charge is -2.11. The van der Waals surface area contributed by atoms with Crippen LogP contribution < -0.4 is 14.2 Å². The minimum Gasteiger partial charge on any atom is -0.497 e. The zero-order valence-corrected chi connectivity index (χ0v) is 9.53. The van der Waals surface area contributed by atoms with E-state index in [1.165, 1.54) is 0 Å². The Hall–Kier alpha value is -1.90. The summed E-state index contributed by atoms with van der Waals surface area (Å²) in [7, 11) is 4.89. The lowest BCUT2D eigenvalue weighted by Crippen LogP contribution is -1.91. The van der Waals surface area contributed by atoms with Gasteiger partial charge in [-0.3, -0.25) is 0 Å². The average Bonchev–Trinajstić information content (AvgIpc) is 2.36. The van der Waals surface area contributed by atoms with E-state index in [1.54, 1.807) is 27.4 Å². The number of methoxy groups -OCH3 is 3. The predicted octanol–water partition coefficient (Wildman–Crippen LogP) is 2.67. The molecule has 0 heterocycles. The Morgan fingerprint density at radius 3 is 2.19 bits per heavy atom. The van der Waals surface area contributed by atoms with Gasteiger partial charge in [-0.1, -0.05) is 0 Å². The van der Waals surface area contributed by atoms with Crippen LogP contribution >= 0.6 is 0 Å². The summed E-state index contributed by atoms with van der Waals surface area (Å²) < 4.78 is 15.8. The van der Waals surface area contributed by atoms with Crippen LogP contribution in [0, 0.1) is 6.07 Å². The summed E-state index contributed by atoms with van der Waals surface area (Å²) in [5, 5.41) is 1.92. The standard InChI is InChI=1S/C13H13O3/c1-14-9-7-11-10(13(8-9)16-3)5-4-6-12(11)15-2/h5-8H,1-3H3. The molecule has 0 N–H and O–H groups in total. The van der Waals surface area contributed by atoms with Gasteiger partial charge in [-0.25, -0.2) is 0 Å². The monoisotopic (exact) mass is 217 g/mol. The number of ether oxygens (including phenoxy) is 3. The topological polar surface area (TPSA) is 27.7 Å². The minimum atomic E-state index is 0.744. The van der Waals surface area contributed by atoms with Gasteiger partial charge in [-0.2, -0.15) is 0 Å². The molecule has 0 aliphatic rings. The van der Waals surface area contributed by atoms with Crippen molar-refractivity contribution >= 4 is 10.8 Å². The number of hydrogen-bond acceptors (Lipinski definition) is 3. The van der Waals surface area contributed by atoms with Gasteiger partial charge < -0.3 is 14.2 Å². The van der Waals surface area contributed by atoms with Gasteiger partial charge in [0.1, 0.15) is 17.2 Å². The van der Waals surface area contributed by atoms with Crippen molar-refractivity contribution in [1.29, 1.82) is 0 Å². The highest BCUT2D eigenvalue weighted by Crippen LogP contribution is 2.35. The maximum atomic E-state index is 5.31. The Morgan fingerprint density at radius 2 is 1.56 bits per heavy atom. The van der Waals surface area contributed by atoms with Crippen molar-refractivity contribution in [1.82, 2.24) is 0 Å². The van der Waals surface area contributed by atoms with Crippen LogP contribution in [-0.4, -0.2) is 21.3 Å². The second kappa shape index (κ2) is 4.31. The summed E-state index contributed by atoms with van der Waals surface area (Å²) in [6.07, 6.45) is 0. The van der Waals surface area contributed by atoms with Crippen molar-refractivity contribution in [3.63, 3.8) is 0 Å². The van der Waals surface area contributed by atoms with E-state index in [-0.39, 0.29) is 0 Å². The third-order valence-corrected chi connectivity index (χ3v) is 2.50. The number of benzene rings is 2. The van der Waals surface area contributed by atoms with Gasteiger partial charge in [0.15, 0.2) is 0 Å². The third-order valence-electron chi connectivity index (χ3n) is 2.50. The zero-order valence-electron chi connectivity index (χ0n) is 9.53. The number of hydrogen-bond donors (Lipinski definition) is 0. The first kappa shape index (κ1) is 10.6. The first-order chi connectivity index (χ1) is 7.80. The van der Waals surface area contributed by atoms with Gasteiger partial charge in [0, 0.05) is 16.8 Å². The lowest BCUT2D eigenvalue weighted by molar-refractivity contribution is 0.396. The molecule has 2 rings (SSSR count). The quantitative estimate of drug-likeness (QED) is 0.791. The molecule has 0 spiro atoms. The molecule has 0 saturated heterocycles. The summed E-state index contributed by atoms with van der Waals surface area (Å²) in [6, 6.07) is 10.4. The molecule has 0 aliphatic carbocycles. The van der Waals surface area contributed by atoms with E-state index < -0.39 is 0 Å². The molecule has 83 valence electrons. The zero-order chi connectivity index (χ0) is 11.5. The van der Waals surface area contributed by atoms with Gasteiger partial charge in [0.2, 0.25) is 0 Å². The SMILES string of the molecule is COc1cc(OC)c2c[c]cc(OC)c2c1. The van der Waals surface area contributed by atoms with Gasteiger partial charge in [0.05, 0.1) is 21.3 Å². The highest BCUT2D eigenvalue weighted by atomic mass is 16.5. The molecule has 3 nitrogen and oxygen atoms in total. The molecule has 1 radical (unpaired) electrons. The summed E-state index contributed by atoms with van der Waals surface area (Å²) in [4.78, 5) is 0. The maximum Gasteiger partial charge on any atom is 0.130 e. The maximum absolute atomic E-state index is 5.31. The predicted molar refractivity (Wildman–Crippen MR) is 62.4 cm³/mol. The van der Waals surface area contributed by atoms with Gasteiger partial charge in [0.25, 0.3) is 0 Å². The molecule has 0 aliphatic heterocycles. The molecule has 0 bridgehead atoms. The molecule has 2 aromatic carbocycles. The largest absolute Gasteiger partial charge is 0.497 e. The van der Waals surface area contributed by atoms with Crippen molar-refractivity contribution in [2.45, 2.75) is 0 Å². The summed E-state index contributed by atoms with van der Waals surface area (Å²) in [5.74, 6) is 2.26. The molecule has 3 heteroatoms. The summed E-state index contributed by atoms with van der Waals surface area (Å²) in [6.45, 7) is 0. The van der Waals surface area contributed by atoms with E-state index in [0.717, 1.165) is 28.0 Å². The first-order valence-corrected chi connectivity index (χ1v) is 4.90. The van der Waals surface area contributed by atoms with E-state index in [2.05, 4.69) is 6.07 Å². The molecule has 0 amide bonds. The van der Waals surface area contributed by atoms with Crippen molar-refractivity contribution < 1.29 is 14.2 Å². The van der Waals surface area contributed by atoms with E-state index in [9.17, 15) is 0 Å². The van der Waals surface area contributed by atoms with E-state index in [0.29, 0.717) is 0 Å². The molecule has 0 fully saturated rings. The fourth-order valence-electron chi connectivity index (χ4n) is 1.69. The van der Waals surface area contributed by atoms with Crippen LogP contribution in [0.2, 0.25) is 0 Å². The molecule has 2 aromatic rings. The van der Waals surface area contributed by atoms with Crippen LogP contribution in [0.25, 0.3) is 10.8 Å². The summed E-state index contributed by atoms with van der Waals surface area (Å²) in [5.41, 5.74) is 0. The highest BCUT2D eigenvalue weighted by molar-refractivity contribution is 5.94. The number of rotatable bonds is 3. The fourth-order valence-corrected chi connectivity index (χ4v) is 1.69. The average molecular weight is 217 g/mol. The van der Waals surface area contributed by atoms with E-state index in [4.69, 9.17) is 14.2 Å². The normalized spacial score (nSPS) is 10.2. The van der Waals surface area contributed by atoms with Crippen molar-refractivity contribution in [2.75, 3.05) is 21.3 Å². The van der Waals surface area contributed by atoms with Crippen molar-refractivity contribution in [3.8, 4) is 17.2 Å². The van der Waals surface area contributed by atoms with Gasteiger partial charge in [-0.05, 0) is 24.3 Å². The van der Waals surface area contributed by atoms with Crippen LogP contribution in [0.4, 0.5) is 0 Å². The van der Waals surface area contributed by atoms with Crippen LogP contribution in [0.5, 0.6) is 17.2 Å². The van der Waals surface area contributed by atoms with Crippen molar-refractivity contribution in [2.24, 2.45) is 0 Å². The van der Waals surface area contributed by atoms with Crippen LogP contribution in [-0.2, 0) is 0 Å². The third kappa shape index (κ3) is 1.65. The molecular formula is C13H13O3. The molecule has 0 unspecified atom stereocenters. The Labute approximate surface area is 94.5 Å². The van der Waals surface area contributed by atoms with Crippen LogP contribution in [0.15, 0.2) is 24.3 Å². The Balaban J connectivity index is 2.78. The van der Waals surface area contributed by atoms with Gasteiger partial charge in [-0.15, -0.1) is 0 Å². The minimum absolute atomic E-state index is 0.744. The molecule has 0 aromatic heterocycles. The summed E-state index contributed by atoms with van der Waals surface area (Å²) >= 11 is 0. The van der Waals surface area contributed by atoms with Gasteiger partial charge >= 0.3 is 0 Å². The molecule has 16 heavy (non-hydrogen) atoms. The molecule has 0 atom stereocenters. The second-order valence-electron chi connectivity index (χ2n) is 3.31. The van der Waals surface area contributed by atoms with E-state index in [1.807, 2.05) is 18.2 Å². The van der Waals surface area contributed by atoms with Crippen molar-refractivity contribution in [3.05, 3.63) is 30.3 Å². The highest BCUT2D eigenvalue weighted by Gasteiger charge is 2.08. The Kier molecular flexibility index (Phi) is 2.86. The van der Waals surface area contributed by atoms with Crippen LogP contribution in [0.3, 0.4) is 0 Å². The molecule has 0 saturated carbocycles. The van der Waals surface area contributed by atoms with E-state index >= 15 is 0 Å². The second-order valence-corrected chi connectivity index (χ2v) is 3.31. The first-order valence-electron chi connectivity index (χ1n) is 4.90. The number of fused-ring (bicyclic) bond motifs is 1. The Morgan fingerprint density at radius 1 is 0.812 bits per heavy atom. The lowest BCUT2D eigenvalue weighted by atomic mass is 10.1.